The molecule has 1 aliphatic rings. The van der Waals surface area contributed by atoms with Crippen LogP contribution < -0.4 is 11.5 Å². The van der Waals surface area contributed by atoms with Crippen molar-refractivity contribution in [3.63, 3.8) is 0 Å². The molecule has 4 N–H and O–H groups in total. The van der Waals surface area contributed by atoms with E-state index < -0.39 is 5.60 Å². The molecule has 1 heterocycles. The summed E-state index contributed by atoms with van der Waals surface area (Å²) < 4.78 is 5.49. The van der Waals surface area contributed by atoms with Gasteiger partial charge < -0.3 is 16.2 Å². The zero-order valence-corrected chi connectivity index (χ0v) is 13.3. The van der Waals surface area contributed by atoms with Crippen molar-refractivity contribution >= 4 is 17.3 Å². The van der Waals surface area contributed by atoms with Gasteiger partial charge in [0.05, 0.1) is 5.56 Å². The van der Waals surface area contributed by atoms with Crippen LogP contribution in [0.1, 0.15) is 40.9 Å². The summed E-state index contributed by atoms with van der Waals surface area (Å²) in [4.78, 5) is 12.1. The molecule has 1 aliphatic heterocycles. The van der Waals surface area contributed by atoms with Crippen molar-refractivity contribution in [3.05, 3.63) is 46.5 Å². The number of carbonyl (C=O) groups excluding carboxylic acids is 1. The molecule has 0 spiro atoms. The second-order valence-electron chi connectivity index (χ2n) is 6.36. The molecule has 0 amide bonds. The fraction of sp³-hybridized carbons (Fsp3) is 0.278. The lowest BCUT2D eigenvalue weighted by atomic mass is 9.85. The van der Waals surface area contributed by atoms with Gasteiger partial charge >= 0.3 is 5.97 Å². The number of hydrogen-bond acceptors (Lipinski definition) is 4. The molecule has 2 aromatic carbocycles. The molecule has 4 nitrogen and oxygen atoms in total. The van der Waals surface area contributed by atoms with E-state index in [4.69, 9.17) is 16.2 Å². The van der Waals surface area contributed by atoms with Crippen LogP contribution in [0.25, 0.3) is 11.1 Å². The number of hydrogen-bond donors (Lipinski definition) is 2. The molecule has 2 aromatic rings. The van der Waals surface area contributed by atoms with Crippen LogP contribution in [0.15, 0.2) is 24.3 Å². The Morgan fingerprint density at radius 1 is 1.00 bits per heavy atom. The molecule has 4 heteroatoms. The predicted molar refractivity (Wildman–Crippen MR) is 88.6 cm³/mol. The molecule has 22 heavy (non-hydrogen) atoms. The van der Waals surface area contributed by atoms with E-state index in [1.54, 1.807) is 6.07 Å². The van der Waals surface area contributed by atoms with E-state index in [0.29, 0.717) is 16.9 Å². The first-order valence-corrected chi connectivity index (χ1v) is 7.26. The number of nitrogens with two attached hydrogens (primary N) is 2. The number of anilines is 2. The Morgan fingerprint density at radius 2 is 1.64 bits per heavy atom. The SMILES string of the molecule is Cc1ccc(-c2cc(N)cc3c2C(C)(C)OC3=O)c(N)c1C. The summed E-state index contributed by atoms with van der Waals surface area (Å²) in [5, 5.41) is 0. The molecule has 0 unspecified atom stereocenters. The standard InChI is InChI=1S/C18H20N2O2/c1-9-5-6-12(16(20)10(9)2)13-7-11(19)8-14-15(13)18(3,4)22-17(14)21/h5-8H,19-20H2,1-4H3. The molecule has 0 atom stereocenters. The molecule has 0 radical (unpaired) electrons. The van der Waals surface area contributed by atoms with Crippen LogP contribution in [0.5, 0.6) is 0 Å². The third-order valence-electron chi connectivity index (χ3n) is 4.41. The zero-order chi connectivity index (χ0) is 16.2. The van der Waals surface area contributed by atoms with Gasteiger partial charge in [-0.1, -0.05) is 12.1 Å². The van der Waals surface area contributed by atoms with Crippen molar-refractivity contribution in [1.29, 1.82) is 0 Å². The topological polar surface area (TPSA) is 78.3 Å². The Morgan fingerprint density at radius 3 is 2.32 bits per heavy atom. The summed E-state index contributed by atoms with van der Waals surface area (Å²) in [7, 11) is 0. The molecule has 0 saturated carbocycles. The van der Waals surface area contributed by atoms with Crippen molar-refractivity contribution in [3.8, 4) is 11.1 Å². The third-order valence-corrected chi connectivity index (χ3v) is 4.41. The number of esters is 1. The van der Waals surface area contributed by atoms with E-state index in [1.807, 2.05) is 45.9 Å². The summed E-state index contributed by atoms with van der Waals surface area (Å²) in [6.45, 7) is 7.78. The number of rotatable bonds is 1. The van der Waals surface area contributed by atoms with Crippen LogP contribution in [-0.4, -0.2) is 5.97 Å². The third kappa shape index (κ3) is 1.95. The number of ether oxygens (including phenoxy) is 1. The first-order valence-electron chi connectivity index (χ1n) is 7.26. The van der Waals surface area contributed by atoms with Gasteiger partial charge in [0.15, 0.2) is 0 Å². The Hall–Kier alpha value is -2.49. The van der Waals surface area contributed by atoms with Crippen LogP contribution in [-0.2, 0) is 10.3 Å². The molecule has 0 aromatic heterocycles. The van der Waals surface area contributed by atoms with Gasteiger partial charge in [-0.2, -0.15) is 0 Å². The highest BCUT2D eigenvalue weighted by molar-refractivity contribution is 6.00. The molecule has 0 saturated heterocycles. The van der Waals surface area contributed by atoms with Gasteiger partial charge in [-0.05, 0) is 56.5 Å². The van der Waals surface area contributed by atoms with Gasteiger partial charge in [-0.15, -0.1) is 0 Å². The normalized spacial score (nSPS) is 15.5. The molecule has 114 valence electrons. The largest absolute Gasteiger partial charge is 0.451 e. The van der Waals surface area contributed by atoms with Gasteiger partial charge in [0.25, 0.3) is 0 Å². The van der Waals surface area contributed by atoms with Gasteiger partial charge in [0.2, 0.25) is 0 Å². The number of benzene rings is 2. The van der Waals surface area contributed by atoms with Gasteiger partial charge in [0, 0.05) is 22.5 Å². The second-order valence-corrected chi connectivity index (χ2v) is 6.36. The highest BCUT2D eigenvalue weighted by Crippen LogP contribution is 2.45. The van der Waals surface area contributed by atoms with E-state index in [-0.39, 0.29) is 5.97 Å². The summed E-state index contributed by atoms with van der Waals surface area (Å²) >= 11 is 0. The average molecular weight is 296 g/mol. The molecule has 3 rings (SSSR count). The average Bonchev–Trinajstić information content (AvgIpc) is 2.65. The Labute approximate surface area is 130 Å². The first-order chi connectivity index (χ1) is 10.2. The maximum absolute atomic E-state index is 12.1. The Balaban J connectivity index is 2.37. The van der Waals surface area contributed by atoms with E-state index in [9.17, 15) is 4.79 Å². The predicted octanol–water partition coefficient (Wildman–Crippen LogP) is 3.54. The molecular weight excluding hydrogens is 276 g/mol. The van der Waals surface area contributed by atoms with Gasteiger partial charge in [-0.3, -0.25) is 0 Å². The van der Waals surface area contributed by atoms with Crippen LogP contribution in [0.2, 0.25) is 0 Å². The van der Waals surface area contributed by atoms with Crippen LogP contribution >= 0.6 is 0 Å². The van der Waals surface area contributed by atoms with Crippen LogP contribution in [0.3, 0.4) is 0 Å². The summed E-state index contributed by atoms with van der Waals surface area (Å²) in [5.41, 5.74) is 18.2. The van der Waals surface area contributed by atoms with Crippen molar-refractivity contribution < 1.29 is 9.53 Å². The highest BCUT2D eigenvalue weighted by atomic mass is 16.6. The minimum Gasteiger partial charge on any atom is -0.451 e. The number of nitrogen functional groups attached to an aromatic ring is 2. The van der Waals surface area contributed by atoms with Crippen molar-refractivity contribution in [2.24, 2.45) is 0 Å². The quantitative estimate of drug-likeness (QED) is 0.623. The van der Waals surface area contributed by atoms with E-state index >= 15 is 0 Å². The fourth-order valence-corrected chi connectivity index (χ4v) is 3.10. The smallest absolute Gasteiger partial charge is 0.339 e. The van der Waals surface area contributed by atoms with Crippen LogP contribution in [0, 0.1) is 13.8 Å². The maximum atomic E-state index is 12.1. The number of aryl methyl sites for hydroxylation is 1. The lowest BCUT2D eigenvalue weighted by molar-refractivity contribution is 0.00971. The van der Waals surface area contributed by atoms with E-state index in [1.165, 1.54) is 0 Å². The lowest BCUT2D eigenvalue weighted by Crippen LogP contribution is -2.17. The van der Waals surface area contributed by atoms with Gasteiger partial charge in [0.1, 0.15) is 5.60 Å². The van der Waals surface area contributed by atoms with Crippen molar-refractivity contribution in [2.75, 3.05) is 11.5 Å². The van der Waals surface area contributed by atoms with Crippen molar-refractivity contribution in [1.82, 2.24) is 0 Å². The summed E-state index contributed by atoms with van der Waals surface area (Å²) in [5.74, 6) is -0.337. The zero-order valence-electron chi connectivity index (χ0n) is 13.3. The van der Waals surface area contributed by atoms with Crippen LogP contribution in [0.4, 0.5) is 11.4 Å². The van der Waals surface area contributed by atoms with E-state index in [0.717, 1.165) is 27.8 Å². The molecule has 0 fully saturated rings. The monoisotopic (exact) mass is 296 g/mol. The highest BCUT2D eigenvalue weighted by Gasteiger charge is 2.40. The Bertz CT molecular complexity index is 807. The first kappa shape index (κ1) is 14.4. The summed E-state index contributed by atoms with van der Waals surface area (Å²) in [6.07, 6.45) is 0. The minimum atomic E-state index is -0.694. The summed E-state index contributed by atoms with van der Waals surface area (Å²) in [6, 6.07) is 7.54. The fourth-order valence-electron chi connectivity index (χ4n) is 3.10. The van der Waals surface area contributed by atoms with Gasteiger partial charge in [-0.25, -0.2) is 4.79 Å². The lowest BCUT2D eigenvalue weighted by Gasteiger charge is -2.22. The molecule has 0 aliphatic carbocycles. The minimum absolute atomic E-state index is 0.337. The Kier molecular flexibility index (Phi) is 2.96. The van der Waals surface area contributed by atoms with E-state index in [2.05, 4.69) is 0 Å². The maximum Gasteiger partial charge on any atom is 0.339 e. The number of carbonyl (C=O) groups is 1. The number of cyclic esters (lactones) is 1. The van der Waals surface area contributed by atoms with Crippen molar-refractivity contribution in [2.45, 2.75) is 33.3 Å². The second kappa shape index (κ2) is 4.50. The molecule has 0 bridgehead atoms. The number of fused-ring (bicyclic) bond motifs is 1. The molecular formula is C18H20N2O2.